The summed E-state index contributed by atoms with van der Waals surface area (Å²) in [6.45, 7) is 21.3. The molecule has 4 aliphatic carbocycles. The highest BCUT2D eigenvalue weighted by atomic mass is 28.3. The molecule has 0 nitrogen and oxygen atoms in total. The van der Waals surface area contributed by atoms with Gasteiger partial charge in [0.2, 0.25) is 0 Å². The molecule has 0 aromatic carbocycles. The van der Waals surface area contributed by atoms with Crippen LogP contribution >= 0.6 is 0 Å². The lowest BCUT2D eigenvalue weighted by Crippen LogP contribution is -2.45. The molecule has 0 saturated heterocycles. The van der Waals surface area contributed by atoms with Crippen molar-refractivity contribution < 1.29 is 0 Å². The Labute approximate surface area is 200 Å². The summed E-state index contributed by atoms with van der Waals surface area (Å²) in [7, 11) is -1.53. The molecule has 32 heavy (non-hydrogen) atoms. The van der Waals surface area contributed by atoms with E-state index in [0.717, 1.165) is 11.1 Å². The normalized spacial score (nSPS) is 34.5. The maximum atomic E-state index is 4.14. The maximum Gasteiger partial charge on any atom is 0.0582 e. The molecule has 2 saturated carbocycles. The highest BCUT2D eigenvalue weighted by Gasteiger charge is 2.58. The van der Waals surface area contributed by atoms with Gasteiger partial charge in [0.05, 0.1) is 8.07 Å². The van der Waals surface area contributed by atoms with Gasteiger partial charge in [-0.15, -0.1) is 6.58 Å². The Morgan fingerprint density at radius 3 is 1.72 bits per heavy atom. The van der Waals surface area contributed by atoms with Crippen molar-refractivity contribution in [2.24, 2.45) is 34.5 Å². The molecule has 0 heterocycles. The van der Waals surface area contributed by atoms with Crippen LogP contribution in [-0.2, 0) is 0 Å². The summed E-state index contributed by atoms with van der Waals surface area (Å²) < 4.78 is 0. The van der Waals surface area contributed by atoms with Crippen molar-refractivity contribution in [1.29, 1.82) is 0 Å². The molecule has 0 amide bonds. The van der Waals surface area contributed by atoms with Crippen molar-refractivity contribution in [3.63, 3.8) is 0 Å². The van der Waals surface area contributed by atoms with Gasteiger partial charge in [-0.1, -0.05) is 122 Å². The standard InChI is InChI=1S/C31H48Si/c1-9-10-19-32(8,24-13-11-12-14-24)29-27-20-22(30(2,3)4)15-17-25(27)26-18-16-23(21-28(26)29)31(5,6)7/h9,15-18,20-21,24-29H,1,10-14,19H2,2-8H3. The Kier molecular flexibility index (Phi) is 6.47. The number of rotatable bonds is 5. The third-order valence-electron chi connectivity index (χ3n) is 9.57. The number of allylic oxidation sites excluding steroid dienone is 9. The van der Waals surface area contributed by atoms with Gasteiger partial charge in [0.25, 0.3) is 0 Å². The van der Waals surface area contributed by atoms with Gasteiger partial charge in [0.1, 0.15) is 0 Å². The molecule has 0 aromatic rings. The van der Waals surface area contributed by atoms with E-state index in [-0.39, 0.29) is 10.8 Å². The second-order valence-corrected chi connectivity index (χ2v) is 18.6. The van der Waals surface area contributed by atoms with Crippen LogP contribution in [0.5, 0.6) is 0 Å². The Balaban J connectivity index is 1.84. The first-order chi connectivity index (χ1) is 15.0. The number of hydrogen-bond donors (Lipinski definition) is 0. The van der Waals surface area contributed by atoms with E-state index < -0.39 is 8.07 Å². The van der Waals surface area contributed by atoms with Crippen LogP contribution in [-0.4, -0.2) is 8.07 Å². The number of fused-ring (bicyclic) bond motifs is 3. The van der Waals surface area contributed by atoms with Crippen LogP contribution in [0.2, 0.25) is 23.7 Å². The fourth-order valence-corrected chi connectivity index (χ4v) is 13.9. The Hall–Kier alpha value is -1.08. The van der Waals surface area contributed by atoms with Gasteiger partial charge < -0.3 is 0 Å². The van der Waals surface area contributed by atoms with Gasteiger partial charge in [-0.3, -0.25) is 0 Å². The quantitative estimate of drug-likeness (QED) is 0.290. The van der Waals surface area contributed by atoms with E-state index in [1.54, 1.807) is 11.1 Å². The molecule has 5 atom stereocenters. The first-order valence-corrected chi connectivity index (χ1v) is 16.2. The van der Waals surface area contributed by atoms with E-state index in [1.165, 1.54) is 38.1 Å². The van der Waals surface area contributed by atoms with Crippen LogP contribution in [0.3, 0.4) is 0 Å². The van der Waals surface area contributed by atoms with Crippen molar-refractivity contribution >= 4 is 8.07 Å². The monoisotopic (exact) mass is 448 g/mol. The summed E-state index contributed by atoms with van der Waals surface area (Å²) in [6, 6.07) is 1.43. The summed E-state index contributed by atoms with van der Waals surface area (Å²) in [6.07, 6.45) is 25.1. The summed E-state index contributed by atoms with van der Waals surface area (Å²) in [5.41, 5.74) is 5.45. The van der Waals surface area contributed by atoms with Gasteiger partial charge in [-0.05, 0) is 63.2 Å². The Morgan fingerprint density at radius 2 is 1.31 bits per heavy atom. The fourth-order valence-electron chi connectivity index (χ4n) is 7.67. The molecule has 2 fully saturated rings. The van der Waals surface area contributed by atoms with Crippen LogP contribution in [0.25, 0.3) is 0 Å². The molecule has 0 spiro atoms. The topological polar surface area (TPSA) is 0 Å². The zero-order valence-electron chi connectivity index (χ0n) is 22.0. The lowest BCUT2D eigenvalue weighted by Gasteiger charge is -2.45. The van der Waals surface area contributed by atoms with Crippen LogP contribution in [0.15, 0.2) is 60.3 Å². The summed E-state index contributed by atoms with van der Waals surface area (Å²) in [5.74, 6) is 2.79. The van der Waals surface area contributed by atoms with Crippen molar-refractivity contribution in [3.8, 4) is 0 Å². The second kappa shape index (κ2) is 8.61. The van der Waals surface area contributed by atoms with Gasteiger partial charge in [0.15, 0.2) is 0 Å². The SMILES string of the molecule is C=CCC[Si](C)(C1CCCC1)C1C2C=C(C(C)(C)C)C=CC2C2C=CC(C(C)(C)C)=CC21. The van der Waals surface area contributed by atoms with Crippen LogP contribution in [0.1, 0.15) is 73.6 Å². The third-order valence-corrected chi connectivity index (χ3v) is 15.7. The van der Waals surface area contributed by atoms with Crippen molar-refractivity contribution in [3.05, 3.63) is 60.3 Å². The molecule has 0 aromatic heterocycles. The van der Waals surface area contributed by atoms with Crippen LogP contribution in [0.4, 0.5) is 0 Å². The zero-order valence-corrected chi connectivity index (χ0v) is 23.0. The highest BCUT2D eigenvalue weighted by molar-refractivity contribution is 6.81. The minimum atomic E-state index is -1.53. The minimum Gasteiger partial charge on any atom is -0.103 e. The second-order valence-electron chi connectivity index (χ2n) is 13.6. The summed E-state index contributed by atoms with van der Waals surface area (Å²) in [4.78, 5) is 0. The van der Waals surface area contributed by atoms with Gasteiger partial charge in [-0.2, -0.15) is 0 Å². The lowest BCUT2D eigenvalue weighted by atomic mass is 9.74. The number of hydrogen-bond acceptors (Lipinski definition) is 0. The summed E-state index contributed by atoms with van der Waals surface area (Å²) in [5, 5.41) is 0. The van der Waals surface area contributed by atoms with Gasteiger partial charge in [0, 0.05) is 0 Å². The molecule has 0 bridgehead atoms. The molecule has 4 rings (SSSR count). The van der Waals surface area contributed by atoms with E-state index in [4.69, 9.17) is 0 Å². The molecule has 0 radical (unpaired) electrons. The fraction of sp³-hybridized carbons (Fsp3) is 0.677. The molecule has 4 aliphatic rings. The average molecular weight is 449 g/mol. The molecular weight excluding hydrogens is 400 g/mol. The largest absolute Gasteiger partial charge is 0.103 e. The molecule has 0 aliphatic heterocycles. The van der Waals surface area contributed by atoms with Gasteiger partial charge in [-0.25, -0.2) is 0 Å². The molecular formula is C31H48Si. The summed E-state index contributed by atoms with van der Waals surface area (Å²) >= 11 is 0. The van der Waals surface area contributed by atoms with Crippen molar-refractivity contribution in [2.45, 2.75) is 97.3 Å². The minimum absolute atomic E-state index is 0.231. The Morgan fingerprint density at radius 1 is 0.844 bits per heavy atom. The first-order valence-electron chi connectivity index (χ1n) is 13.4. The van der Waals surface area contributed by atoms with E-state index in [9.17, 15) is 0 Å². The van der Waals surface area contributed by atoms with E-state index >= 15 is 0 Å². The smallest absolute Gasteiger partial charge is 0.0582 e. The van der Waals surface area contributed by atoms with Gasteiger partial charge >= 0.3 is 0 Å². The lowest BCUT2D eigenvalue weighted by molar-refractivity contribution is 0.433. The Bertz CT molecular complexity index is 781. The molecule has 0 N–H and O–H groups in total. The predicted molar refractivity (Wildman–Crippen MR) is 145 cm³/mol. The molecule has 176 valence electrons. The van der Waals surface area contributed by atoms with Crippen LogP contribution < -0.4 is 0 Å². The van der Waals surface area contributed by atoms with E-state index in [2.05, 4.69) is 97.2 Å². The molecule has 1 heteroatoms. The maximum absolute atomic E-state index is 4.14. The van der Waals surface area contributed by atoms with E-state index in [0.29, 0.717) is 23.7 Å². The van der Waals surface area contributed by atoms with Crippen LogP contribution in [0, 0.1) is 34.5 Å². The third kappa shape index (κ3) is 4.24. The highest BCUT2D eigenvalue weighted by Crippen LogP contribution is 2.64. The van der Waals surface area contributed by atoms with Crippen molar-refractivity contribution in [1.82, 2.24) is 0 Å². The van der Waals surface area contributed by atoms with E-state index in [1.807, 2.05) is 0 Å². The van der Waals surface area contributed by atoms with Crippen molar-refractivity contribution in [2.75, 3.05) is 0 Å². The average Bonchev–Trinajstić information content (AvgIpc) is 3.36. The zero-order chi connectivity index (χ0) is 23.3. The molecule has 5 unspecified atom stereocenters. The predicted octanol–water partition coefficient (Wildman–Crippen LogP) is 9.52. The first kappa shape index (κ1) is 24.1.